The van der Waals surface area contributed by atoms with Gasteiger partial charge in [-0.2, -0.15) is 0 Å². The first-order chi connectivity index (χ1) is 15.3. The summed E-state index contributed by atoms with van der Waals surface area (Å²) < 4.78 is 36.2. The topological polar surface area (TPSA) is 88.2 Å². The van der Waals surface area contributed by atoms with Crippen LogP contribution in [-0.4, -0.2) is 59.3 Å². The lowest BCUT2D eigenvalue weighted by Crippen LogP contribution is -2.40. The summed E-state index contributed by atoms with van der Waals surface area (Å²) in [7, 11) is -0.720. The first-order valence-corrected chi connectivity index (χ1v) is 12.4. The Bertz CT molecular complexity index is 1020. The van der Waals surface area contributed by atoms with Crippen molar-refractivity contribution >= 4 is 21.6 Å². The Morgan fingerprint density at radius 3 is 2.22 bits per heavy atom. The zero-order chi connectivity index (χ0) is 23.1. The van der Waals surface area contributed by atoms with E-state index in [0.717, 1.165) is 35.8 Å². The third kappa shape index (κ3) is 6.37. The monoisotopic (exact) mass is 461 g/mol. The molecule has 0 spiro atoms. The lowest BCUT2D eigenvalue weighted by molar-refractivity contribution is -0.119. The molecule has 0 atom stereocenters. The molecule has 2 aromatic rings. The highest BCUT2D eigenvalue weighted by molar-refractivity contribution is 7.92. The number of anilines is 1. The molecule has 0 saturated carbocycles. The lowest BCUT2D eigenvalue weighted by atomic mass is 10.1. The van der Waals surface area contributed by atoms with Gasteiger partial charge >= 0.3 is 0 Å². The number of rotatable bonds is 10. The second kappa shape index (κ2) is 10.7. The van der Waals surface area contributed by atoms with Gasteiger partial charge in [-0.15, -0.1) is 0 Å². The number of amides is 1. The summed E-state index contributed by atoms with van der Waals surface area (Å²) >= 11 is 0. The SMILES string of the molecule is COc1ccc(N(CC(=O)NCc2ccc(CN3CCCC3)cc2)S(C)(=O)=O)cc1OC. The smallest absolute Gasteiger partial charge is 0.241 e. The number of sulfonamides is 1. The van der Waals surface area contributed by atoms with Gasteiger partial charge in [0.1, 0.15) is 6.54 Å². The first kappa shape index (κ1) is 23.9. The van der Waals surface area contributed by atoms with Gasteiger partial charge in [0.15, 0.2) is 11.5 Å². The minimum atomic E-state index is -3.69. The van der Waals surface area contributed by atoms with Gasteiger partial charge in [0, 0.05) is 19.2 Å². The Morgan fingerprint density at radius 1 is 1.00 bits per heavy atom. The van der Waals surface area contributed by atoms with Gasteiger partial charge in [-0.05, 0) is 49.2 Å². The van der Waals surface area contributed by atoms with E-state index in [4.69, 9.17) is 9.47 Å². The molecule has 3 rings (SSSR count). The first-order valence-electron chi connectivity index (χ1n) is 10.6. The number of hydrogen-bond acceptors (Lipinski definition) is 6. The summed E-state index contributed by atoms with van der Waals surface area (Å²) in [6.45, 7) is 3.23. The van der Waals surface area contributed by atoms with E-state index in [2.05, 4.69) is 22.3 Å². The van der Waals surface area contributed by atoms with Gasteiger partial charge in [-0.1, -0.05) is 24.3 Å². The summed E-state index contributed by atoms with van der Waals surface area (Å²) in [5.74, 6) is 0.460. The maximum atomic E-state index is 12.5. The molecule has 174 valence electrons. The number of nitrogens with zero attached hydrogens (tertiary/aromatic N) is 2. The van der Waals surface area contributed by atoms with E-state index >= 15 is 0 Å². The van der Waals surface area contributed by atoms with Gasteiger partial charge < -0.3 is 14.8 Å². The van der Waals surface area contributed by atoms with Gasteiger partial charge in [-0.25, -0.2) is 8.42 Å². The molecule has 1 heterocycles. The van der Waals surface area contributed by atoms with Crippen LogP contribution in [0.1, 0.15) is 24.0 Å². The van der Waals surface area contributed by atoms with Crippen molar-refractivity contribution in [1.29, 1.82) is 0 Å². The Labute approximate surface area is 190 Å². The molecule has 1 fully saturated rings. The number of nitrogens with one attached hydrogen (secondary N) is 1. The second-order valence-electron chi connectivity index (χ2n) is 7.89. The quantitative estimate of drug-likeness (QED) is 0.585. The van der Waals surface area contributed by atoms with Crippen LogP contribution in [0.2, 0.25) is 0 Å². The molecule has 1 amide bonds. The van der Waals surface area contributed by atoms with E-state index in [1.165, 1.54) is 38.7 Å². The zero-order valence-corrected chi connectivity index (χ0v) is 19.7. The Morgan fingerprint density at radius 2 is 1.62 bits per heavy atom. The molecule has 1 N–H and O–H groups in total. The molecule has 2 aromatic carbocycles. The summed E-state index contributed by atoms with van der Waals surface area (Å²) in [5, 5.41) is 2.80. The molecule has 0 aromatic heterocycles. The molecular formula is C23H31N3O5S. The maximum absolute atomic E-state index is 12.5. The van der Waals surface area contributed by atoms with E-state index in [1.54, 1.807) is 12.1 Å². The third-order valence-corrected chi connectivity index (χ3v) is 6.60. The van der Waals surface area contributed by atoms with Crippen molar-refractivity contribution in [3.63, 3.8) is 0 Å². The van der Waals surface area contributed by atoms with Gasteiger partial charge in [0.25, 0.3) is 0 Å². The zero-order valence-electron chi connectivity index (χ0n) is 18.8. The van der Waals surface area contributed by atoms with Crippen LogP contribution in [0.25, 0.3) is 0 Å². The molecule has 0 bridgehead atoms. The summed E-state index contributed by atoms with van der Waals surface area (Å²) in [5.41, 5.74) is 2.53. The fourth-order valence-electron chi connectivity index (χ4n) is 3.73. The number of carbonyl (C=O) groups is 1. The highest BCUT2D eigenvalue weighted by Crippen LogP contribution is 2.32. The Balaban J connectivity index is 1.61. The predicted octanol–water partition coefficient (Wildman–Crippen LogP) is 2.38. The van der Waals surface area contributed by atoms with Crippen molar-refractivity contribution in [2.45, 2.75) is 25.9 Å². The highest BCUT2D eigenvalue weighted by Gasteiger charge is 2.22. The van der Waals surface area contributed by atoms with Gasteiger partial charge in [0.05, 0.1) is 26.2 Å². The predicted molar refractivity (Wildman–Crippen MR) is 125 cm³/mol. The molecule has 9 heteroatoms. The minimum Gasteiger partial charge on any atom is -0.493 e. The standard InChI is InChI=1S/C23H31N3O5S/c1-30-21-11-10-20(14-22(21)31-2)26(32(3,28)29)17-23(27)24-15-18-6-8-19(9-7-18)16-25-12-4-5-13-25/h6-11,14H,4-5,12-13,15-17H2,1-3H3,(H,24,27). The molecule has 0 radical (unpaired) electrons. The average molecular weight is 462 g/mol. The van der Waals surface area contributed by atoms with E-state index < -0.39 is 15.9 Å². The summed E-state index contributed by atoms with van der Waals surface area (Å²) in [4.78, 5) is 15.0. The van der Waals surface area contributed by atoms with Crippen LogP contribution in [0, 0.1) is 0 Å². The van der Waals surface area contributed by atoms with Crippen LogP contribution in [0.5, 0.6) is 11.5 Å². The molecule has 8 nitrogen and oxygen atoms in total. The highest BCUT2D eigenvalue weighted by atomic mass is 32.2. The molecular weight excluding hydrogens is 430 g/mol. The number of hydrogen-bond donors (Lipinski definition) is 1. The van der Waals surface area contributed by atoms with Gasteiger partial charge in [-0.3, -0.25) is 14.0 Å². The minimum absolute atomic E-state index is 0.326. The Hall–Kier alpha value is -2.78. The summed E-state index contributed by atoms with van der Waals surface area (Å²) in [6, 6.07) is 12.9. The van der Waals surface area contributed by atoms with E-state index in [9.17, 15) is 13.2 Å². The van der Waals surface area contributed by atoms with Crippen LogP contribution in [0.15, 0.2) is 42.5 Å². The molecule has 1 aliphatic heterocycles. The average Bonchev–Trinajstić information content (AvgIpc) is 3.29. The normalized spacial score (nSPS) is 14.2. The number of likely N-dealkylation sites (tertiary alicyclic amines) is 1. The fraction of sp³-hybridized carbons (Fsp3) is 0.435. The van der Waals surface area contributed by atoms with E-state index in [-0.39, 0.29) is 6.54 Å². The molecule has 1 saturated heterocycles. The van der Waals surface area contributed by atoms with Crippen molar-refractivity contribution in [1.82, 2.24) is 10.2 Å². The van der Waals surface area contributed by atoms with Crippen molar-refractivity contribution in [3.05, 3.63) is 53.6 Å². The summed E-state index contributed by atoms with van der Waals surface area (Å²) in [6.07, 6.45) is 3.59. The van der Waals surface area contributed by atoms with Crippen LogP contribution in [0.4, 0.5) is 5.69 Å². The van der Waals surface area contributed by atoms with E-state index in [0.29, 0.717) is 23.7 Å². The Kier molecular flexibility index (Phi) is 7.98. The lowest BCUT2D eigenvalue weighted by Gasteiger charge is -2.23. The third-order valence-electron chi connectivity index (χ3n) is 5.46. The number of methoxy groups -OCH3 is 2. The van der Waals surface area contributed by atoms with Crippen LogP contribution in [0.3, 0.4) is 0 Å². The molecule has 0 aliphatic carbocycles. The number of carbonyl (C=O) groups excluding carboxylic acids is 1. The maximum Gasteiger partial charge on any atom is 0.241 e. The largest absolute Gasteiger partial charge is 0.493 e. The fourth-order valence-corrected chi connectivity index (χ4v) is 4.58. The van der Waals surface area contributed by atoms with Crippen LogP contribution >= 0.6 is 0 Å². The molecule has 1 aliphatic rings. The van der Waals surface area contributed by atoms with Crippen LogP contribution in [-0.2, 0) is 27.9 Å². The van der Waals surface area contributed by atoms with Crippen molar-refractivity contribution in [2.75, 3.05) is 44.4 Å². The molecule has 0 unspecified atom stereocenters. The van der Waals surface area contributed by atoms with Gasteiger partial charge in [0.2, 0.25) is 15.9 Å². The van der Waals surface area contributed by atoms with Crippen molar-refractivity contribution in [3.8, 4) is 11.5 Å². The number of benzene rings is 2. The second-order valence-corrected chi connectivity index (χ2v) is 9.79. The molecule has 32 heavy (non-hydrogen) atoms. The van der Waals surface area contributed by atoms with Crippen molar-refractivity contribution in [2.24, 2.45) is 0 Å². The van der Waals surface area contributed by atoms with E-state index in [1.807, 2.05) is 12.1 Å². The number of ether oxygens (including phenoxy) is 2. The van der Waals surface area contributed by atoms with Crippen molar-refractivity contribution < 1.29 is 22.7 Å². The van der Waals surface area contributed by atoms with Crippen LogP contribution < -0.4 is 19.1 Å².